The van der Waals surface area contributed by atoms with Crippen molar-refractivity contribution in [1.82, 2.24) is 0 Å². The third-order valence-corrected chi connectivity index (χ3v) is 4.88. The van der Waals surface area contributed by atoms with E-state index >= 15 is 0 Å². The van der Waals surface area contributed by atoms with Gasteiger partial charge in [0.25, 0.3) is 0 Å². The van der Waals surface area contributed by atoms with Crippen molar-refractivity contribution in [2.75, 3.05) is 14.2 Å². The van der Waals surface area contributed by atoms with Crippen LogP contribution in [0.1, 0.15) is 40.0 Å². The van der Waals surface area contributed by atoms with Crippen LogP contribution >= 0.6 is 0 Å². The van der Waals surface area contributed by atoms with Gasteiger partial charge in [0.05, 0.1) is 14.2 Å². The first-order valence-electron chi connectivity index (χ1n) is 7.36. The standard InChI is InChI=1S/C17H24O4/c1-10(2)13-7-11(3)6-12-8-17(9-14(12)13,15(18)20-4)16(19)21-5/h6,12,14H,7-9H2,1-5H3/t12-,14-/m1/s1. The van der Waals surface area contributed by atoms with Crippen molar-refractivity contribution >= 4 is 11.9 Å². The Morgan fingerprint density at radius 3 is 2.19 bits per heavy atom. The maximum absolute atomic E-state index is 12.3. The summed E-state index contributed by atoms with van der Waals surface area (Å²) in [6.07, 6.45) is 4.11. The minimum absolute atomic E-state index is 0.210. The van der Waals surface area contributed by atoms with E-state index < -0.39 is 17.4 Å². The minimum atomic E-state index is -1.15. The number of rotatable bonds is 2. The largest absolute Gasteiger partial charge is 0.468 e. The van der Waals surface area contributed by atoms with Gasteiger partial charge in [0.15, 0.2) is 5.41 Å². The summed E-state index contributed by atoms with van der Waals surface area (Å²) in [5.74, 6) is -0.496. The van der Waals surface area contributed by atoms with Crippen molar-refractivity contribution in [2.24, 2.45) is 17.3 Å². The molecule has 0 bridgehead atoms. The second-order valence-corrected chi connectivity index (χ2v) is 6.46. The first-order chi connectivity index (χ1) is 9.85. The molecule has 2 rings (SSSR count). The predicted octanol–water partition coefficient (Wildman–Crippen LogP) is 3.03. The molecule has 0 aliphatic heterocycles. The molecule has 2 aliphatic carbocycles. The van der Waals surface area contributed by atoms with Gasteiger partial charge in [-0.25, -0.2) is 0 Å². The Balaban J connectivity index is 2.46. The number of allylic oxidation sites excluding steroid dienone is 4. The Kier molecular flexibility index (Phi) is 4.26. The minimum Gasteiger partial charge on any atom is -0.468 e. The van der Waals surface area contributed by atoms with Crippen LogP contribution in [0, 0.1) is 17.3 Å². The smallest absolute Gasteiger partial charge is 0.323 e. The van der Waals surface area contributed by atoms with Crippen LogP contribution in [0.5, 0.6) is 0 Å². The highest BCUT2D eigenvalue weighted by atomic mass is 16.5. The van der Waals surface area contributed by atoms with Gasteiger partial charge in [0, 0.05) is 0 Å². The summed E-state index contributed by atoms with van der Waals surface area (Å²) in [6, 6.07) is 0. The van der Waals surface area contributed by atoms with Crippen LogP contribution in [0.2, 0.25) is 0 Å². The van der Waals surface area contributed by atoms with Gasteiger partial charge in [0.1, 0.15) is 0 Å². The first-order valence-corrected chi connectivity index (χ1v) is 7.36. The van der Waals surface area contributed by atoms with Gasteiger partial charge in [-0.15, -0.1) is 0 Å². The number of hydrogen-bond acceptors (Lipinski definition) is 4. The molecule has 21 heavy (non-hydrogen) atoms. The Morgan fingerprint density at radius 1 is 1.14 bits per heavy atom. The second kappa shape index (κ2) is 5.66. The molecule has 1 fully saturated rings. The molecule has 0 aromatic heterocycles. The van der Waals surface area contributed by atoms with Crippen LogP contribution in [0.25, 0.3) is 0 Å². The molecule has 0 aromatic carbocycles. The van der Waals surface area contributed by atoms with E-state index in [1.807, 2.05) is 0 Å². The van der Waals surface area contributed by atoms with Gasteiger partial charge in [-0.3, -0.25) is 9.59 Å². The summed E-state index contributed by atoms with van der Waals surface area (Å²) in [7, 11) is 2.66. The number of fused-ring (bicyclic) bond motifs is 1. The lowest BCUT2D eigenvalue weighted by Crippen LogP contribution is -2.39. The molecule has 0 N–H and O–H groups in total. The molecular weight excluding hydrogens is 268 g/mol. The normalized spacial score (nSPS) is 26.7. The van der Waals surface area contributed by atoms with E-state index in [9.17, 15) is 9.59 Å². The maximum Gasteiger partial charge on any atom is 0.323 e. The summed E-state index contributed by atoms with van der Waals surface area (Å²) >= 11 is 0. The molecule has 0 amide bonds. The number of methoxy groups -OCH3 is 2. The van der Waals surface area contributed by atoms with E-state index in [1.165, 1.54) is 30.9 Å². The fourth-order valence-corrected chi connectivity index (χ4v) is 3.92. The van der Waals surface area contributed by atoms with Crippen molar-refractivity contribution in [3.8, 4) is 0 Å². The van der Waals surface area contributed by atoms with Crippen LogP contribution in [0.15, 0.2) is 22.8 Å². The average molecular weight is 292 g/mol. The Bertz CT molecular complexity index is 507. The highest BCUT2D eigenvalue weighted by Gasteiger charge is 2.57. The van der Waals surface area contributed by atoms with Gasteiger partial charge >= 0.3 is 11.9 Å². The molecule has 4 heteroatoms. The van der Waals surface area contributed by atoms with E-state index in [2.05, 4.69) is 26.8 Å². The summed E-state index contributed by atoms with van der Waals surface area (Å²) in [5.41, 5.74) is 2.79. The second-order valence-electron chi connectivity index (χ2n) is 6.46. The zero-order chi connectivity index (χ0) is 15.8. The Labute approximate surface area is 126 Å². The lowest BCUT2D eigenvalue weighted by Gasteiger charge is -2.28. The number of carbonyl (C=O) groups excluding carboxylic acids is 2. The lowest BCUT2D eigenvalue weighted by atomic mass is 9.77. The van der Waals surface area contributed by atoms with Crippen LogP contribution in [-0.4, -0.2) is 26.2 Å². The zero-order valence-electron chi connectivity index (χ0n) is 13.5. The van der Waals surface area contributed by atoms with Crippen LogP contribution in [0.4, 0.5) is 0 Å². The molecule has 2 atom stereocenters. The molecular formula is C17H24O4. The van der Waals surface area contributed by atoms with Crippen molar-refractivity contribution in [3.05, 3.63) is 22.8 Å². The molecule has 0 radical (unpaired) electrons. The number of carbonyl (C=O) groups is 2. The van der Waals surface area contributed by atoms with Gasteiger partial charge in [0.2, 0.25) is 0 Å². The molecule has 1 saturated carbocycles. The van der Waals surface area contributed by atoms with Crippen molar-refractivity contribution < 1.29 is 19.1 Å². The van der Waals surface area contributed by atoms with Gasteiger partial charge < -0.3 is 9.47 Å². The third kappa shape index (κ3) is 2.52. The van der Waals surface area contributed by atoms with Crippen LogP contribution < -0.4 is 0 Å². The predicted molar refractivity (Wildman–Crippen MR) is 79.4 cm³/mol. The molecule has 116 valence electrons. The number of hydrogen-bond donors (Lipinski definition) is 0. The molecule has 0 aromatic rings. The maximum atomic E-state index is 12.3. The highest BCUT2D eigenvalue weighted by molar-refractivity contribution is 6.00. The third-order valence-electron chi connectivity index (χ3n) is 4.88. The Hall–Kier alpha value is -1.58. The van der Waals surface area contributed by atoms with Crippen molar-refractivity contribution in [3.63, 3.8) is 0 Å². The summed E-state index contributed by atoms with van der Waals surface area (Å²) < 4.78 is 9.83. The Morgan fingerprint density at radius 2 is 1.71 bits per heavy atom. The fraction of sp³-hybridized carbons (Fsp3) is 0.647. The molecule has 0 saturated heterocycles. The quantitative estimate of drug-likeness (QED) is 0.446. The SMILES string of the molecule is COC(=O)C1(C(=O)OC)C[C@H]2C=C(C)CC(=C(C)C)[C@@H]2C1. The van der Waals surface area contributed by atoms with Gasteiger partial charge in [-0.05, 0) is 51.9 Å². The van der Waals surface area contributed by atoms with Gasteiger partial charge in [-0.2, -0.15) is 0 Å². The summed E-state index contributed by atoms with van der Waals surface area (Å²) in [4.78, 5) is 24.6. The lowest BCUT2D eigenvalue weighted by molar-refractivity contribution is -0.168. The van der Waals surface area contributed by atoms with Crippen molar-refractivity contribution in [1.29, 1.82) is 0 Å². The molecule has 0 spiro atoms. The number of esters is 2. The average Bonchev–Trinajstić information content (AvgIpc) is 2.84. The fourth-order valence-electron chi connectivity index (χ4n) is 3.92. The first kappa shape index (κ1) is 15.8. The zero-order valence-corrected chi connectivity index (χ0v) is 13.5. The molecule has 2 aliphatic rings. The number of ether oxygens (including phenoxy) is 2. The summed E-state index contributed by atoms with van der Waals surface area (Å²) in [5, 5.41) is 0. The monoisotopic (exact) mass is 292 g/mol. The van der Waals surface area contributed by atoms with Gasteiger partial charge in [-0.1, -0.05) is 22.8 Å². The van der Waals surface area contributed by atoms with Crippen LogP contribution in [-0.2, 0) is 19.1 Å². The topological polar surface area (TPSA) is 52.6 Å². The van der Waals surface area contributed by atoms with E-state index in [-0.39, 0.29) is 11.8 Å². The van der Waals surface area contributed by atoms with Crippen molar-refractivity contribution in [2.45, 2.75) is 40.0 Å². The molecule has 0 unspecified atom stereocenters. The van der Waals surface area contributed by atoms with E-state index in [1.54, 1.807) is 0 Å². The highest BCUT2D eigenvalue weighted by Crippen LogP contribution is 2.54. The van der Waals surface area contributed by atoms with E-state index in [0.29, 0.717) is 12.8 Å². The molecule has 4 nitrogen and oxygen atoms in total. The summed E-state index contributed by atoms with van der Waals surface area (Å²) in [6.45, 7) is 6.30. The van der Waals surface area contributed by atoms with E-state index in [0.717, 1.165) is 6.42 Å². The van der Waals surface area contributed by atoms with Crippen LogP contribution in [0.3, 0.4) is 0 Å². The van der Waals surface area contributed by atoms with E-state index in [4.69, 9.17) is 9.47 Å². The molecule has 0 heterocycles.